The maximum atomic E-state index is 13.1. The molecule has 0 fully saturated rings. The Hall–Kier alpha value is -3.24. The second-order valence-electron chi connectivity index (χ2n) is 8.41. The zero-order valence-corrected chi connectivity index (χ0v) is 19.0. The molecule has 1 atom stereocenters. The molecular weight excluding hydrogens is 412 g/mol. The molecule has 1 amide bonds. The number of aryl methyl sites for hydroxylation is 2. The SMILES string of the molecule is Cc1ccc(-c2sc(-c3ccccc3)nc2CC(=O)N[C@H]2CCCc3ccccc32)cc1. The first-order valence-corrected chi connectivity index (χ1v) is 12.0. The number of nitrogens with one attached hydrogen (secondary N) is 1. The number of carbonyl (C=O) groups excluding carboxylic acids is 1. The van der Waals surface area contributed by atoms with Crippen molar-refractivity contribution in [3.8, 4) is 21.0 Å². The van der Waals surface area contributed by atoms with Crippen molar-refractivity contribution in [2.45, 2.75) is 38.6 Å². The molecule has 0 aliphatic heterocycles. The molecule has 4 aromatic rings. The number of aromatic nitrogens is 1. The molecule has 3 nitrogen and oxygen atoms in total. The average Bonchev–Trinajstić information content (AvgIpc) is 3.24. The van der Waals surface area contributed by atoms with Crippen molar-refractivity contribution in [1.82, 2.24) is 10.3 Å². The molecule has 1 heterocycles. The van der Waals surface area contributed by atoms with Crippen LogP contribution in [0.1, 0.15) is 41.3 Å². The molecule has 1 aliphatic carbocycles. The Morgan fingerprint density at radius 2 is 1.72 bits per heavy atom. The second-order valence-corrected chi connectivity index (χ2v) is 9.41. The van der Waals surface area contributed by atoms with E-state index in [9.17, 15) is 4.79 Å². The van der Waals surface area contributed by atoms with Gasteiger partial charge in [-0.2, -0.15) is 0 Å². The molecule has 5 rings (SSSR count). The predicted octanol–water partition coefficient (Wildman–Crippen LogP) is 6.52. The highest BCUT2D eigenvalue weighted by atomic mass is 32.1. The van der Waals surface area contributed by atoms with Gasteiger partial charge in [0.05, 0.1) is 23.0 Å². The summed E-state index contributed by atoms with van der Waals surface area (Å²) in [5, 5.41) is 4.24. The van der Waals surface area contributed by atoms with Gasteiger partial charge in [-0.3, -0.25) is 4.79 Å². The van der Waals surface area contributed by atoms with Gasteiger partial charge in [-0.15, -0.1) is 11.3 Å². The fourth-order valence-electron chi connectivity index (χ4n) is 4.41. The summed E-state index contributed by atoms with van der Waals surface area (Å²) >= 11 is 1.66. The van der Waals surface area contributed by atoms with Crippen LogP contribution >= 0.6 is 11.3 Å². The van der Waals surface area contributed by atoms with Crippen LogP contribution in [0.3, 0.4) is 0 Å². The number of hydrogen-bond acceptors (Lipinski definition) is 3. The van der Waals surface area contributed by atoms with E-state index in [-0.39, 0.29) is 18.4 Å². The largest absolute Gasteiger partial charge is 0.349 e. The Morgan fingerprint density at radius 1 is 0.969 bits per heavy atom. The number of thiazole rings is 1. The molecule has 4 heteroatoms. The highest BCUT2D eigenvalue weighted by Crippen LogP contribution is 2.36. The van der Waals surface area contributed by atoms with E-state index in [2.05, 4.69) is 72.9 Å². The summed E-state index contributed by atoms with van der Waals surface area (Å²) in [4.78, 5) is 19.1. The van der Waals surface area contributed by atoms with Crippen LogP contribution in [0.25, 0.3) is 21.0 Å². The molecular formula is C28H26N2OS. The predicted molar refractivity (Wildman–Crippen MR) is 132 cm³/mol. The summed E-state index contributed by atoms with van der Waals surface area (Å²) in [6.07, 6.45) is 3.46. The third-order valence-electron chi connectivity index (χ3n) is 6.06. The van der Waals surface area contributed by atoms with E-state index in [1.807, 2.05) is 18.2 Å². The van der Waals surface area contributed by atoms with Gasteiger partial charge in [-0.1, -0.05) is 84.4 Å². The van der Waals surface area contributed by atoms with Gasteiger partial charge in [-0.25, -0.2) is 4.98 Å². The van der Waals surface area contributed by atoms with Gasteiger partial charge in [0.1, 0.15) is 5.01 Å². The molecule has 0 saturated carbocycles. The Bertz CT molecular complexity index is 1230. The van der Waals surface area contributed by atoms with E-state index in [0.717, 1.165) is 46.0 Å². The summed E-state index contributed by atoms with van der Waals surface area (Å²) in [6, 6.07) is 27.2. The van der Waals surface area contributed by atoms with Crippen LogP contribution in [-0.4, -0.2) is 10.9 Å². The fraction of sp³-hybridized carbons (Fsp3) is 0.214. The van der Waals surface area contributed by atoms with Gasteiger partial charge in [0, 0.05) is 5.56 Å². The number of nitrogens with zero attached hydrogens (tertiary/aromatic N) is 1. The van der Waals surface area contributed by atoms with E-state index in [0.29, 0.717) is 0 Å². The Morgan fingerprint density at radius 3 is 2.53 bits per heavy atom. The first-order chi connectivity index (χ1) is 15.7. The number of rotatable bonds is 5. The number of fused-ring (bicyclic) bond motifs is 1. The number of hydrogen-bond donors (Lipinski definition) is 1. The molecule has 1 N–H and O–H groups in total. The Labute approximate surface area is 193 Å². The zero-order valence-electron chi connectivity index (χ0n) is 18.2. The number of carbonyl (C=O) groups is 1. The van der Waals surface area contributed by atoms with Crippen molar-refractivity contribution < 1.29 is 4.79 Å². The quantitative estimate of drug-likeness (QED) is 0.385. The maximum absolute atomic E-state index is 13.1. The molecule has 160 valence electrons. The van der Waals surface area contributed by atoms with Gasteiger partial charge in [0.25, 0.3) is 0 Å². The lowest BCUT2D eigenvalue weighted by atomic mass is 9.87. The van der Waals surface area contributed by atoms with Crippen LogP contribution < -0.4 is 5.32 Å². The van der Waals surface area contributed by atoms with Crippen molar-refractivity contribution in [2.24, 2.45) is 0 Å². The van der Waals surface area contributed by atoms with Gasteiger partial charge in [-0.05, 0) is 42.9 Å². The molecule has 1 aliphatic rings. The standard InChI is InChI=1S/C28H26N2OS/c1-19-14-16-21(17-15-19)27-25(30-28(32-27)22-9-3-2-4-10-22)18-26(31)29-24-13-7-11-20-8-5-6-12-23(20)24/h2-6,8-10,12,14-17,24H,7,11,13,18H2,1H3,(H,29,31)/t24-/m0/s1. The third-order valence-corrected chi connectivity index (χ3v) is 7.26. The van der Waals surface area contributed by atoms with E-state index in [1.165, 1.54) is 16.7 Å². The van der Waals surface area contributed by atoms with Crippen LogP contribution in [0, 0.1) is 6.92 Å². The summed E-state index contributed by atoms with van der Waals surface area (Å²) in [5.74, 6) is 0.0324. The van der Waals surface area contributed by atoms with Crippen LogP contribution in [-0.2, 0) is 17.6 Å². The molecule has 3 aromatic carbocycles. The zero-order chi connectivity index (χ0) is 21.9. The van der Waals surface area contributed by atoms with E-state index in [4.69, 9.17) is 4.98 Å². The summed E-state index contributed by atoms with van der Waals surface area (Å²) in [7, 11) is 0. The topological polar surface area (TPSA) is 42.0 Å². The van der Waals surface area contributed by atoms with Crippen molar-refractivity contribution in [3.63, 3.8) is 0 Å². The van der Waals surface area contributed by atoms with Crippen LogP contribution in [0.15, 0.2) is 78.9 Å². The molecule has 0 saturated heterocycles. The van der Waals surface area contributed by atoms with Crippen molar-refractivity contribution in [3.05, 3.63) is 101 Å². The van der Waals surface area contributed by atoms with Crippen LogP contribution in [0.4, 0.5) is 0 Å². The second kappa shape index (κ2) is 9.09. The minimum Gasteiger partial charge on any atom is -0.349 e. The first kappa shape index (κ1) is 20.7. The summed E-state index contributed by atoms with van der Waals surface area (Å²) < 4.78 is 0. The average molecular weight is 439 g/mol. The third kappa shape index (κ3) is 4.37. The Balaban J connectivity index is 1.43. The molecule has 0 spiro atoms. The highest BCUT2D eigenvalue weighted by Gasteiger charge is 2.23. The van der Waals surface area contributed by atoms with Crippen LogP contribution in [0.5, 0.6) is 0 Å². The monoisotopic (exact) mass is 438 g/mol. The van der Waals surface area contributed by atoms with Crippen molar-refractivity contribution >= 4 is 17.2 Å². The fourth-order valence-corrected chi connectivity index (χ4v) is 5.50. The summed E-state index contributed by atoms with van der Waals surface area (Å²) in [5.41, 5.74) is 6.87. The highest BCUT2D eigenvalue weighted by molar-refractivity contribution is 7.18. The molecule has 0 unspecified atom stereocenters. The van der Waals surface area contributed by atoms with Crippen LogP contribution in [0.2, 0.25) is 0 Å². The van der Waals surface area contributed by atoms with Crippen molar-refractivity contribution in [2.75, 3.05) is 0 Å². The van der Waals surface area contributed by atoms with E-state index >= 15 is 0 Å². The molecule has 1 aromatic heterocycles. The molecule has 0 bridgehead atoms. The smallest absolute Gasteiger partial charge is 0.226 e. The lowest BCUT2D eigenvalue weighted by Crippen LogP contribution is -2.32. The molecule has 32 heavy (non-hydrogen) atoms. The minimum absolute atomic E-state index is 0.0324. The lowest BCUT2D eigenvalue weighted by Gasteiger charge is -2.26. The molecule has 0 radical (unpaired) electrons. The van der Waals surface area contributed by atoms with Gasteiger partial charge >= 0.3 is 0 Å². The number of benzene rings is 3. The van der Waals surface area contributed by atoms with Gasteiger partial charge in [0.2, 0.25) is 5.91 Å². The first-order valence-electron chi connectivity index (χ1n) is 11.2. The minimum atomic E-state index is 0.0324. The van der Waals surface area contributed by atoms with E-state index in [1.54, 1.807) is 11.3 Å². The Kier molecular flexibility index (Phi) is 5.87. The maximum Gasteiger partial charge on any atom is 0.226 e. The van der Waals surface area contributed by atoms with Gasteiger partial charge in [0.15, 0.2) is 0 Å². The number of amides is 1. The summed E-state index contributed by atoms with van der Waals surface area (Å²) in [6.45, 7) is 2.09. The van der Waals surface area contributed by atoms with Crippen molar-refractivity contribution in [1.29, 1.82) is 0 Å². The van der Waals surface area contributed by atoms with Gasteiger partial charge < -0.3 is 5.32 Å². The lowest BCUT2D eigenvalue weighted by molar-refractivity contribution is -0.121. The van der Waals surface area contributed by atoms with E-state index < -0.39 is 0 Å². The normalized spacial score (nSPS) is 15.2.